The number of allylic oxidation sites excluding steroid dienone is 5. The highest BCUT2D eigenvalue weighted by molar-refractivity contribution is 6.00. The van der Waals surface area contributed by atoms with E-state index in [4.69, 9.17) is 9.47 Å². The van der Waals surface area contributed by atoms with E-state index in [1.165, 1.54) is 18.2 Å². The third-order valence-corrected chi connectivity index (χ3v) is 5.51. The van der Waals surface area contributed by atoms with Crippen molar-refractivity contribution < 1.29 is 24.0 Å². The Morgan fingerprint density at radius 2 is 1.79 bits per heavy atom. The molecule has 8 heteroatoms. The number of nitro groups is 1. The van der Waals surface area contributed by atoms with Crippen molar-refractivity contribution in [3.8, 4) is 0 Å². The van der Waals surface area contributed by atoms with Crippen molar-refractivity contribution in [1.82, 2.24) is 5.32 Å². The van der Waals surface area contributed by atoms with Gasteiger partial charge in [-0.15, -0.1) is 0 Å². The zero-order valence-electron chi connectivity index (χ0n) is 19.0. The number of hydrogen-bond donors (Lipinski definition) is 1. The van der Waals surface area contributed by atoms with Crippen LogP contribution >= 0.6 is 0 Å². The minimum Gasteiger partial charge on any atom is -0.462 e. The van der Waals surface area contributed by atoms with Crippen molar-refractivity contribution >= 4 is 17.6 Å². The van der Waals surface area contributed by atoms with Crippen molar-refractivity contribution in [3.05, 3.63) is 86.8 Å². The number of nitro benzene ring substituents is 1. The van der Waals surface area contributed by atoms with E-state index in [1.54, 1.807) is 32.1 Å². The average molecular weight is 453 g/mol. The van der Waals surface area contributed by atoms with E-state index < -0.39 is 22.8 Å². The SMILES string of the molecule is C/C=C/C=C/COC(=O)C1=C(C)NC(C)=C(C(=O)OCC2CC2)C1c1cccc([N+](=O)[O-])c1. The molecule has 1 fully saturated rings. The lowest BCUT2D eigenvalue weighted by molar-refractivity contribution is -0.384. The summed E-state index contributed by atoms with van der Waals surface area (Å²) in [5.41, 5.74) is 1.84. The van der Waals surface area contributed by atoms with Crippen molar-refractivity contribution in [3.63, 3.8) is 0 Å². The maximum atomic E-state index is 13.1. The van der Waals surface area contributed by atoms with Gasteiger partial charge in [0, 0.05) is 23.5 Å². The van der Waals surface area contributed by atoms with Crippen molar-refractivity contribution in [2.45, 2.75) is 39.5 Å². The van der Waals surface area contributed by atoms with E-state index in [-0.39, 0.29) is 23.4 Å². The number of benzene rings is 1. The molecule has 1 heterocycles. The number of hydrogen-bond acceptors (Lipinski definition) is 7. The normalized spacial score (nSPS) is 18.6. The van der Waals surface area contributed by atoms with Gasteiger partial charge in [0.2, 0.25) is 0 Å². The van der Waals surface area contributed by atoms with E-state index >= 15 is 0 Å². The molecule has 1 aromatic rings. The lowest BCUT2D eigenvalue weighted by Gasteiger charge is -2.30. The van der Waals surface area contributed by atoms with Gasteiger partial charge >= 0.3 is 11.9 Å². The van der Waals surface area contributed by atoms with Gasteiger partial charge in [-0.1, -0.05) is 30.4 Å². The van der Waals surface area contributed by atoms with Crippen LogP contribution in [-0.2, 0) is 19.1 Å². The summed E-state index contributed by atoms with van der Waals surface area (Å²) in [7, 11) is 0. The number of rotatable bonds is 9. The Kier molecular flexibility index (Phi) is 7.82. The molecule has 1 unspecified atom stereocenters. The molecule has 0 saturated heterocycles. The van der Waals surface area contributed by atoms with Crippen molar-refractivity contribution in [1.29, 1.82) is 0 Å². The van der Waals surface area contributed by atoms with Crippen LogP contribution in [-0.4, -0.2) is 30.1 Å². The second-order valence-electron chi connectivity index (χ2n) is 8.08. The van der Waals surface area contributed by atoms with Gasteiger partial charge in [0.15, 0.2) is 0 Å². The maximum absolute atomic E-state index is 13.1. The number of nitrogens with one attached hydrogen (secondary N) is 1. The molecule has 174 valence electrons. The van der Waals surface area contributed by atoms with Gasteiger partial charge in [0.05, 0.1) is 28.6 Å². The van der Waals surface area contributed by atoms with Crippen LogP contribution in [0.15, 0.2) is 71.1 Å². The number of ether oxygens (including phenoxy) is 2. The van der Waals surface area contributed by atoms with Crippen LogP contribution < -0.4 is 5.32 Å². The predicted octanol–water partition coefficient (Wildman–Crippen LogP) is 4.46. The van der Waals surface area contributed by atoms with E-state index in [2.05, 4.69) is 5.32 Å². The first-order chi connectivity index (χ1) is 15.8. The molecule has 0 radical (unpaired) electrons. The molecule has 33 heavy (non-hydrogen) atoms. The fourth-order valence-corrected chi connectivity index (χ4v) is 3.69. The van der Waals surface area contributed by atoms with Gasteiger partial charge in [-0.2, -0.15) is 0 Å². The van der Waals surface area contributed by atoms with Crippen LogP contribution in [0.1, 0.15) is 45.1 Å². The number of esters is 2. The van der Waals surface area contributed by atoms with E-state index in [0.29, 0.717) is 29.5 Å². The van der Waals surface area contributed by atoms with Crippen LogP contribution in [0.5, 0.6) is 0 Å². The van der Waals surface area contributed by atoms with Crippen LogP contribution in [0.4, 0.5) is 5.69 Å². The van der Waals surface area contributed by atoms with Gasteiger partial charge in [0.1, 0.15) is 6.61 Å². The molecule has 0 bridgehead atoms. The number of dihydropyridines is 1. The number of nitrogens with zero attached hydrogens (tertiary/aromatic N) is 1. The van der Waals surface area contributed by atoms with E-state index in [9.17, 15) is 19.7 Å². The molecule has 1 atom stereocenters. The van der Waals surface area contributed by atoms with E-state index in [0.717, 1.165) is 12.8 Å². The zero-order valence-corrected chi connectivity index (χ0v) is 19.0. The van der Waals surface area contributed by atoms with Crippen LogP contribution in [0, 0.1) is 16.0 Å². The number of carbonyl (C=O) groups is 2. The van der Waals surface area contributed by atoms with Gasteiger partial charge in [-0.25, -0.2) is 9.59 Å². The molecular formula is C25H28N2O6. The zero-order chi connectivity index (χ0) is 24.0. The highest BCUT2D eigenvalue weighted by Crippen LogP contribution is 2.40. The molecule has 1 aliphatic carbocycles. The fourth-order valence-electron chi connectivity index (χ4n) is 3.69. The molecule has 1 saturated carbocycles. The summed E-state index contributed by atoms with van der Waals surface area (Å²) in [5, 5.41) is 14.5. The summed E-state index contributed by atoms with van der Waals surface area (Å²) in [4.78, 5) is 37.1. The summed E-state index contributed by atoms with van der Waals surface area (Å²) in [6, 6.07) is 5.95. The lowest BCUT2D eigenvalue weighted by Crippen LogP contribution is -2.32. The Hall–Kier alpha value is -3.68. The van der Waals surface area contributed by atoms with E-state index in [1.807, 2.05) is 19.1 Å². The lowest BCUT2D eigenvalue weighted by atomic mass is 9.80. The summed E-state index contributed by atoms with van der Waals surface area (Å²) >= 11 is 0. The minimum absolute atomic E-state index is 0.0474. The molecule has 1 N–H and O–H groups in total. The van der Waals surface area contributed by atoms with Gasteiger partial charge < -0.3 is 14.8 Å². The smallest absolute Gasteiger partial charge is 0.337 e. The Bertz CT molecular complexity index is 1060. The topological polar surface area (TPSA) is 108 Å². The molecule has 1 aliphatic heterocycles. The largest absolute Gasteiger partial charge is 0.462 e. The second-order valence-corrected chi connectivity index (χ2v) is 8.08. The maximum Gasteiger partial charge on any atom is 0.337 e. The van der Waals surface area contributed by atoms with Crippen LogP contribution in [0.25, 0.3) is 0 Å². The molecule has 1 aromatic carbocycles. The number of non-ortho nitro benzene ring substituents is 1. The Morgan fingerprint density at radius 1 is 1.12 bits per heavy atom. The molecule has 3 rings (SSSR count). The summed E-state index contributed by atoms with van der Waals surface area (Å²) in [5.74, 6) is -1.64. The second kappa shape index (κ2) is 10.8. The van der Waals surface area contributed by atoms with Gasteiger partial charge in [-0.3, -0.25) is 10.1 Å². The third-order valence-electron chi connectivity index (χ3n) is 5.51. The summed E-state index contributed by atoms with van der Waals surface area (Å²) in [6.45, 7) is 5.68. The van der Waals surface area contributed by atoms with Crippen molar-refractivity contribution in [2.24, 2.45) is 5.92 Å². The number of carbonyl (C=O) groups excluding carboxylic acids is 2. The third kappa shape index (κ3) is 5.97. The van der Waals surface area contributed by atoms with Gasteiger partial charge in [-0.05, 0) is 51.2 Å². The molecule has 8 nitrogen and oxygen atoms in total. The quantitative estimate of drug-likeness (QED) is 0.255. The Labute approximate surface area is 192 Å². The monoisotopic (exact) mass is 452 g/mol. The Morgan fingerprint density at radius 3 is 2.39 bits per heavy atom. The first-order valence-corrected chi connectivity index (χ1v) is 10.9. The van der Waals surface area contributed by atoms with Crippen molar-refractivity contribution in [2.75, 3.05) is 13.2 Å². The van der Waals surface area contributed by atoms with Gasteiger partial charge in [0.25, 0.3) is 5.69 Å². The highest BCUT2D eigenvalue weighted by atomic mass is 16.6. The first kappa shape index (κ1) is 24.0. The fraction of sp³-hybridized carbons (Fsp3) is 0.360. The van der Waals surface area contributed by atoms with Crippen LogP contribution in [0.3, 0.4) is 0 Å². The highest BCUT2D eigenvalue weighted by Gasteiger charge is 2.39. The first-order valence-electron chi connectivity index (χ1n) is 10.9. The molecule has 0 aromatic heterocycles. The molecular weight excluding hydrogens is 424 g/mol. The predicted molar refractivity (Wildman–Crippen MR) is 123 cm³/mol. The molecule has 0 amide bonds. The Balaban J connectivity index is 1.99. The minimum atomic E-state index is -0.857. The standard InChI is InChI=1S/C25H28N2O6/c1-4-5-6-7-13-32-24(28)21-16(2)26-17(3)22(25(29)33-15-18-11-12-18)23(21)19-9-8-10-20(14-19)27(30)31/h4-10,14,18,23,26H,11-13,15H2,1-3H3/b5-4+,7-6+. The van der Waals surface area contributed by atoms with Crippen LogP contribution in [0.2, 0.25) is 0 Å². The molecule has 2 aliphatic rings. The molecule has 0 spiro atoms. The summed E-state index contributed by atoms with van der Waals surface area (Å²) in [6.07, 6.45) is 9.16. The average Bonchev–Trinajstić information content (AvgIpc) is 3.61. The summed E-state index contributed by atoms with van der Waals surface area (Å²) < 4.78 is 11.0.